The van der Waals surface area contributed by atoms with Crippen LogP contribution in [-0.4, -0.2) is 36.3 Å². The number of aliphatic carboxylic acids is 1. The van der Waals surface area contributed by atoms with Crippen molar-refractivity contribution in [3.8, 4) is 5.75 Å². The van der Waals surface area contributed by atoms with Gasteiger partial charge in [0.25, 0.3) is 5.91 Å². The first-order chi connectivity index (χ1) is 12.6. The molecule has 1 aliphatic rings. The number of nitrogens with one attached hydrogen (secondary N) is 1. The van der Waals surface area contributed by atoms with Gasteiger partial charge in [-0.15, -0.1) is 0 Å². The molecule has 6 nitrogen and oxygen atoms in total. The third kappa shape index (κ3) is 4.61. The molecule has 2 N–H and O–H groups in total. The van der Waals surface area contributed by atoms with Crippen molar-refractivity contribution in [2.24, 2.45) is 0 Å². The van der Waals surface area contributed by atoms with Crippen molar-refractivity contribution in [1.29, 1.82) is 0 Å². The van der Waals surface area contributed by atoms with E-state index in [0.717, 1.165) is 19.4 Å². The highest BCUT2D eigenvalue weighted by Crippen LogP contribution is 2.19. The number of ether oxygens (including phenoxy) is 2. The monoisotopic (exact) mass is 355 g/mol. The second-order valence-electron chi connectivity index (χ2n) is 6.13. The number of amides is 1. The first-order valence-electron chi connectivity index (χ1n) is 8.56. The highest BCUT2D eigenvalue weighted by Gasteiger charge is 2.23. The lowest BCUT2D eigenvalue weighted by atomic mass is 10.1. The molecule has 1 aliphatic heterocycles. The summed E-state index contributed by atoms with van der Waals surface area (Å²) in [7, 11) is 0. The molecular formula is C20H21NO5. The van der Waals surface area contributed by atoms with Crippen LogP contribution in [-0.2, 0) is 9.53 Å². The Morgan fingerprint density at radius 2 is 2.00 bits per heavy atom. The molecule has 1 saturated heterocycles. The number of hydrogen-bond acceptors (Lipinski definition) is 4. The summed E-state index contributed by atoms with van der Waals surface area (Å²) >= 11 is 0. The summed E-state index contributed by atoms with van der Waals surface area (Å²) in [5, 5.41) is 12.0. The molecule has 0 saturated carbocycles. The summed E-state index contributed by atoms with van der Waals surface area (Å²) in [6.45, 7) is 1.19. The third-order valence-electron chi connectivity index (χ3n) is 4.21. The molecule has 2 atom stereocenters. The normalized spacial score (nSPS) is 17.5. The summed E-state index contributed by atoms with van der Waals surface area (Å²) in [4.78, 5) is 24.0. The lowest BCUT2D eigenvalue weighted by Crippen LogP contribution is -2.33. The van der Waals surface area contributed by atoms with Gasteiger partial charge >= 0.3 is 5.97 Å². The summed E-state index contributed by atoms with van der Waals surface area (Å²) in [6.07, 6.45) is 2.09. The van der Waals surface area contributed by atoms with Crippen LogP contribution in [0.1, 0.15) is 34.8 Å². The van der Waals surface area contributed by atoms with Crippen molar-refractivity contribution in [2.45, 2.75) is 25.0 Å². The van der Waals surface area contributed by atoms with Crippen LogP contribution in [0.3, 0.4) is 0 Å². The number of rotatable bonds is 7. The third-order valence-corrected chi connectivity index (χ3v) is 4.21. The zero-order chi connectivity index (χ0) is 18.4. The van der Waals surface area contributed by atoms with Gasteiger partial charge in [-0.25, -0.2) is 4.79 Å². The number of carboxylic acids is 1. The van der Waals surface area contributed by atoms with Gasteiger partial charge in [-0.05, 0) is 36.6 Å². The standard InChI is InChI=1S/C20H21NO5/c22-19(21-18(20(23)24)14-6-2-1-3-7-14)15-8-4-9-16(12-15)26-13-17-10-5-11-25-17/h1-4,6-9,12,17-18H,5,10-11,13H2,(H,21,22)(H,23,24). The van der Waals surface area contributed by atoms with Crippen LogP contribution in [0.15, 0.2) is 54.6 Å². The molecule has 0 spiro atoms. The Labute approximate surface area is 151 Å². The van der Waals surface area contributed by atoms with Crippen molar-refractivity contribution in [3.05, 3.63) is 65.7 Å². The summed E-state index contributed by atoms with van der Waals surface area (Å²) in [6, 6.07) is 14.2. The van der Waals surface area contributed by atoms with Gasteiger partial charge in [0.15, 0.2) is 6.04 Å². The van der Waals surface area contributed by atoms with E-state index in [1.807, 2.05) is 0 Å². The number of carbonyl (C=O) groups is 2. The Hall–Kier alpha value is -2.86. The molecule has 1 fully saturated rings. The van der Waals surface area contributed by atoms with Gasteiger partial charge in [0.1, 0.15) is 12.4 Å². The molecule has 3 rings (SSSR count). The Morgan fingerprint density at radius 3 is 2.69 bits per heavy atom. The zero-order valence-electron chi connectivity index (χ0n) is 14.3. The van der Waals surface area contributed by atoms with Gasteiger partial charge in [0, 0.05) is 12.2 Å². The highest BCUT2D eigenvalue weighted by atomic mass is 16.5. The van der Waals surface area contributed by atoms with Crippen molar-refractivity contribution >= 4 is 11.9 Å². The average Bonchev–Trinajstić information content (AvgIpc) is 3.18. The van der Waals surface area contributed by atoms with Crippen molar-refractivity contribution in [1.82, 2.24) is 5.32 Å². The number of hydrogen-bond donors (Lipinski definition) is 2. The van der Waals surface area contributed by atoms with E-state index < -0.39 is 17.9 Å². The fourth-order valence-corrected chi connectivity index (χ4v) is 2.84. The quantitative estimate of drug-likeness (QED) is 0.798. The number of benzene rings is 2. The van der Waals surface area contributed by atoms with Gasteiger partial charge in [0.2, 0.25) is 0 Å². The SMILES string of the molecule is O=C(NC(C(=O)O)c1ccccc1)c1cccc(OCC2CCCO2)c1. The topological polar surface area (TPSA) is 84.9 Å². The van der Waals surface area contributed by atoms with Crippen LogP contribution >= 0.6 is 0 Å². The van der Waals surface area contributed by atoms with Crippen LogP contribution in [0.2, 0.25) is 0 Å². The Kier molecular flexibility index (Phi) is 5.86. The summed E-state index contributed by atoms with van der Waals surface area (Å²) < 4.78 is 11.2. The van der Waals surface area contributed by atoms with E-state index in [9.17, 15) is 14.7 Å². The van der Waals surface area contributed by atoms with Gasteiger partial charge in [0.05, 0.1) is 6.10 Å². The molecule has 1 heterocycles. The predicted molar refractivity (Wildman–Crippen MR) is 95.2 cm³/mol. The molecule has 1 amide bonds. The maximum absolute atomic E-state index is 12.5. The van der Waals surface area contributed by atoms with E-state index in [0.29, 0.717) is 23.5 Å². The Bertz CT molecular complexity index is 756. The molecule has 6 heteroatoms. The first kappa shape index (κ1) is 17.9. The molecule has 2 unspecified atom stereocenters. The van der Waals surface area contributed by atoms with E-state index >= 15 is 0 Å². The molecular weight excluding hydrogens is 334 g/mol. The molecule has 0 bridgehead atoms. The molecule has 0 aromatic heterocycles. The molecule has 0 radical (unpaired) electrons. The molecule has 2 aromatic rings. The van der Waals surface area contributed by atoms with Crippen LogP contribution < -0.4 is 10.1 Å². The fraction of sp³-hybridized carbons (Fsp3) is 0.300. The number of carboxylic acid groups (broad SMARTS) is 1. The largest absolute Gasteiger partial charge is 0.491 e. The van der Waals surface area contributed by atoms with Crippen LogP contribution in [0.4, 0.5) is 0 Å². The minimum atomic E-state index is -1.12. The lowest BCUT2D eigenvalue weighted by molar-refractivity contribution is -0.139. The van der Waals surface area contributed by atoms with Gasteiger partial charge in [-0.2, -0.15) is 0 Å². The van der Waals surface area contributed by atoms with Crippen LogP contribution in [0.25, 0.3) is 0 Å². The molecule has 136 valence electrons. The summed E-state index contributed by atoms with van der Waals surface area (Å²) in [5.41, 5.74) is 0.858. The van der Waals surface area contributed by atoms with Crippen LogP contribution in [0.5, 0.6) is 5.75 Å². The minimum absolute atomic E-state index is 0.0851. The van der Waals surface area contributed by atoms with E-state index in [-0.39, 0.29) is 6.10 Å². The van der Waals surface area contributed by atoms with Crippen molar-refractivity contribution < 1.29 is 24.2 Å². The van der Waals surface area contributed by atoms with E-state index in [2.05, 4.69) is 5.32 Å². The van der Waals surface area contributed by atoms with E-state index in [4.69, 9.17) is 9.47 Å². The smallest absolute Gasteiger partial charge is 0.330 e. The van der Waals surface area contributed by atoms with Gasteiger partial charge < -0.3 is 19.9 Å². The number of carbonyl (C=O) groups excluding carboxylic acids is 1. The lowest BCUT2D eigenvalue weighted by Gasteiger charge is -2.16. The van der Waals surface area contributed by atoms with Gasteiger partial charge in [-0.1, -0.05) is 36.4 Å². The minimum Gasteiger partial charge on any atom is -0.491 e. The highest BCUT2D eigenvalue weighted by molar-refractivity contribution is 5.97. The Balaban J connectivity index is 1.66. The van der Waals surface area contributed by atoms with Crippen molar-refractivity contribution in [3.63, 3.8) is 0 Å². The molecule has 26 heavy (non-hydrogen) atoms. The van der Waals surface area contributed by atoms with E-state index in [1.165, 1.54) is 0 Å². The average molecular weight is 355 g/mol. The fourth-order valence-electron chi connectivity index (χ4n) is 2.84. The second kappa shape index (κ2) is 8.49. The molecule has 2 aromatic carbocycles. The maximum Gasteiger partial charge on any atom is 0.330 e. The van der Waals surface area contributed by atoms with Gasteiger partial charge in [-0.3, -0.25) is 4.79 Å². The second-order valence-corrected chi connectivity index (χ2v) is 6.13. The van der Waals surface area contributed by atoms with Crippen LogP contribution in [0, 0.1) is 0 Å². The summed E-state index contributed by atoms with van der Waals surface area (Å²) in [5.74, 6) is -1.03. The molecule has 0 aliphatic carbocycles. The van der Waals surface area contributed by atoms with E-state index in [1.54, 1.807) is 54.6 Å². The van der Waals surface area contributed by atoms with Crippen molar-refractivity contribution in [2.75, 3.05) is 13.2 Å². The predicted octanol–water partition coefficient (Wildman–Crippen LogP) is 2.80. The Morgan fingerprint density at radius 1 is 1.19 bits per heavy atom. The maximum atomic E-state index is 12.5. The zero-order valence-corrected chi connectivity index (χ0v) is 14.3. The first-order valence-corrected chi connectivity index (χ1v) is 8.56.